The first kappa shape index (κ1) is 19.0. The minimum atomic E-state index is 0.370. The molecule has 28 heavy (non-hydrogen) atoms. The van der Waals surface area contributed by atoms with Crippen molar-refractivity contribution in [1.29, 1.82) is 0 Å². The van der Waals surface area contributed by atoms with Crippen molar-refractivity contribution >= 4 is 11.0 Å². The summed E-state index contributed by atoms with van der Waals surface area (Å²) in [4.78, 5) is 2.53. The molecule has 2 heterocycles. The van der Waals surface area contributed by atoms with E-state index in [2.05, 4.69) is 66.5 Å². The second-order valence-corrected chi connectivity index (χ2v) is 8.10. The van der Waals surface area contributed by atoms with Crippen LogP contribution in [0.2, 0.25) is 0 Å². The number of ether oxygens (including phenoxy) is 1. The van der Waals surface area contributed by atoms with Gasteiger partial charge in [0.05, 0.1) is 7.11 Å². The Morgan fingerprint density at radius 1 is 1.21 bits per heavy atom. The van der Waals surface area contributed by atoms with E-state index in [-0.39, 0.29) is 0 Å². The van der Waals surface area contributed by atoms with E-state index < -0.39 is 0 Å². The van der Waals surface area contributed by atoms with Crippen molar-refractivity contribution in [1.82, 2.24) is 10.2 Å². The number of hydrogen-bond donors (Lipinski definition) is 1. The van der Waals surface area contributed by atoms with E-state index in [0.29, 0.717) is 12.0 Å². The average molecular weight is 379 g/mol. The molecule has 0 amide bonds. The molecular formula is C24H30N2O2. The van der Waals surface area contributed by atoms with Gasteiger partial charge in [-0.2, -0.15) is 0 Å². The van der Waals surface area contributed by atoms with E-state index >= 15 is 0 Å². The Hall–Kier alpha value is -2.30. The lowest BCUT2D eigenvalue weighted by molar-refractivity contribution is 0.192. The number of hydrogen-bond acceptors (Lipinski definition) is 4. The second kappa shape index (κ2) is 7.98. The molecule has 1 aliphatic heterocycles. The first-order valence-corrected chi connectivity index (χ1v) is 10.2. The molecule has 4 heteroatoms. The van der Waals surface area contributed by atoms with Crippen molar-refractivity contribution in [3.8, 4) is 5.75 Å². The van der Waals surface area contributed by atoms with Gasteiger partial charge in [0.1, 0.15) is 5.76 Å². The van der Waals surface area contributed by atoms with Gasteiger partial charge in [-0.15, -0.1) is 0 Å². The summed E-state index contributed by atoms with van der Waals surface area (Å²) in [6, 6.07) is 15.6. The van der Waals surface area contributed by atoms with Crippen molar-refractivity contribution in [3.05, 3.63) is 64.9 Å². The molecule has 0 bridgehead atoms. The Balaban J connectivity index is 1.55. The third-order valence-corrected chi connectivity index (χ3v) is 5.64. The van der Waals surface area contributed by atoms with Gasteiger partial charge in [0, 0.05) is 37.6 Å². The van der Waals surface area contributed by atoms with Gasteiger partial charge in [-0.25, -0.2) is 0 Å². The molecule has 1 fully saturated rings. The zero-order valence-electron chi connectivity index (χ0n) is 17.3. The maximum Gasteiger partial charge on any atom is 0.176 e. The van der Waals surface area contributed by atoms with Gasteiger partial charge >= 0.3 is 0 Å². The SMILES string of the molecule is COc1cc(CN2CCNC(c3ccccc3C(C)C)C2)cc2cc(C)oc12. The third-order valence-electron chi connectivity index (χ3n) is 5.64. The number of rotatable bonds is 5. The van der Waals surface area contributed by atoms with Crippen molar-refractivity contribution < 1.29 is 9.15 Å². The smallest absolute Gasteiger partial charge is 0.176 e. The molecule has 148 valence electrons. The molecule has 1 aliphatic rings. The largest absolute Gasteiger partial charge is 0.493 e. The second-order valence-electron chi connectivity index (χ2n) is 8.10. The number of aryl methyl sites for hydroxylation is 1. The van der Waals surface area contributed by atoms with Crippen molar-refractivity contribution in [2.75, 3.05) is 26.7 Å². The Labute approximate surface area is 167 Å². The monoisotopic (exact) mass is 378 g/mol. The molecule has 0 aliphatic carbocycles. The van der Waals surface area contributed by atoms with Gasteiger partial charge in [0.25, 0.3) is 0 Å². The van der Waals surface area contributed by atoms with Gasteiger partial charge < -0.3 is 14.5 Å². The summed E-state index contributed by atoms with van der Waals surface area (Å²) in [7, 11) is 1.71. The van der Waals surface area contributed by atoms with Gasteiger partial charge in [0.2, 0.25) is 0 Å². The fraction of sp³-hybridized carbons (Fsp3) is 0.417. The predicted molar refractivity (Wildman–Crippen MR) is 114 cm³/mol. The molecule has 1 saturated heterocycles. The number of furan rings is 1. The predicted octanol–water partition coefficient (Wildman–Crippen LogP) is 5.02. The lowest BCUT2D eigenvalue weighted by Gasteiger charge is -2.35. The highest BCUT2D eigenvalue weighted by atomic mass is 16.5. The van der Waals surface area contributed by atoms with Crippen LogP contribution < -0.4 is 10.1 Å². The van der Waals surface area contributed by atoms with Gasteiger partial charge in [-0.05, 0) is 47.7 Å². The van der Waals surface area contributed by atoms with Crippen LogP contribution >= 0.6 is 0 Å². The molecule has 3 aromatic rings. The maximum absolute atomic E-state index is 5.80. The fourth-order valence-corrected chi connectivity index (χ4v) is 4.33. The average Bonchev–Trinajstić information content (AvgIpc) is 3.07. The molecule has 1 unspecified atom stereocenters. The quantitative estimate of drug-likeness (QED) is 0.676. The summed E-state index contributed by atoms with van der Waals surface area (Å²) in [6.07, 6.45) is 0. The molecule has 1 N–H and O–H groups in total. The van der Waals surface area contributed by atoms with E-state index in [9.17, 15) is 0 Å². The molecule has 0 saturated carbocycles. The first-order chi connectivity index (χ1) is 13.5. The minimum Gasteiger partial charge on any atom is -0.493 e. The van der Waals surface area contributed by atoms with E-state index in [1.54, 1.807) is 7.11 Å². The zero-order chi connectivity index (χ0) is 19.7. The minimum absolute atomic E-state index is 0.370. The molecule has 1 aromatic heterocycles. The zero-order valence-corrected chi connectivity index (χ0v) is 17.3. The number of nitrogens with one attached hydrogen (secondary N) is 1. The summed E-state index contributed by atoms with van der Waals surface area (Å²) in [5.74, 6) is 2.26. The van der Waals surface area contributed by atoms with E-state index in [0.717, 1.165) is 48.7 Å². The van der Waals surface area contributed by atoms with Crippen LogP contribution in [-0.2, 0) is 6.54 Å². The van der Waals surface area contributed by atoms with Crippen molar-refractivity contribution in [2.24, 2.45) is 0 Å². The third kappa shape index (κ3) is 3.80. The van der Waals surface area contributed by atoms with Crippen LogP contribution in [0, 0.1) is 6.92 Å². The lowest BCUT2D eigenvalue weighted by Crippen LogP contribution is -2.45. The number of piperazine rings is 1. The molecule has 4 nitrogen and oxygen atoms in total. The molecule has 0 radical (unpaired) electrons. The number of methoxy groups -OCH3 is 1. The molecule has 1 atom stereocenters. The molecule has 0 spiro atoms. The summed E-state index contributed by atoms with van der Waals surface area (Å²) >= 11 is 0. The summed E-state index contributed by atoms with van der Waals surface area (Å²) in [5, 5.41) is 4.84. The Morgan fingerprint density at radius 3 is 2.82 bits per heavy atom. The number of fused-ring (bicyclic) bond motifs is 1. The van der Waals surface area contributed by atoms with E-state index in [1.807, 2.05) is 6.92 Å². The van der Waals surface area contributed by atoms with Crippen LogP contribution in [0.1, 0.15) is 48.3 Å². The van der Waals surface area contributed by atoms with Crippen LogP contribution in [0.5, 0.6) is 5.75 Å². The topological polar surface area (TPSA) is 37.6 Å². The summed E-state index contributed by atoms with van der Waals surface area (Å²) < 4.78 is 11.4. The normalized spacial score (nSPS) is 18.1. The standard InChI is InChI=1S/C24H30N2O2/c1-16(2)20-7-5-6-8-21(20)22-15-26(10-9-25-22)14-18-12-19-11-17(3)28-24(19)23(13-18)27-4/h5-8,11-13,16,22,25H,9-10,14-15H2,1-4H3. The Kier molecular flexibility index (Phi) is 5.42. The lowest BCUT2D eigenvalue weighted by atomic mass is 9.92. The van der Waals surface area contributed by atoms with Crippen LogP contribution in [0.3, 0.4) is 0 Å². The Morgan fingerprint density at radius 2 is 2.04 bits per heavy atom. The molecule has 4 rings (SSSR count). The number of nitrogens with zero attached hydrogens (tertiary/aromatic N) is 1. The van der Waals surface area contributed by atoms with E-state index in [1.165, 1.54) is 16.7 Å². The highest BCUT2D eigenvalue weighted by Crippen LogP contribution is 2.32. The van der Waals surface area contributed by atoms with Crippen molar-refractivity contribution in [3.63, 3.8) is 0 Å². The molecular weight excluding hydrogens is 348 g/mol. The first-order valence-electron chi connectivity index (χ1n) is 10.2. The molecule has 2 aromatic carbocycles. The van der Waals surface area contributed by atoms with Gasteiger partial charge in [-0.1, -0.05) is 38.1 Å². The Bertz CT molecular complexity index is 960. The van der Waals surface area contributed by atoms with Crippen LogP contribution in [0.15, 0.2) is 46.9 Å². The summed E-state index contributed by atoms with van der Waals surface area (Å²) in [5.41, 5.74) is 4.98. The highest BCUT2D eigenvalue weighted by molar-refractivity contribution is 5.84. The van der Waals surface area contributed by atoms with Crippen LogP contribution in [0.25, 0.3) is 11.0 Å². The van der Waals surface area contributed by atoms with Gasteiger partial charge in [0.15, 0.2) is 11.3 Å². The van der Waals surface area contributed by atoms with Gasteiger partial charge in [-0.3, -0.25) is 4.90 Å². The van der Waals surface area contributed by atoms with E-state index in [4.69, 9.17) is 9.15 Å². The summed E-state index contributed by atoms with van der Waals surface area (Å²) in [6.45, 7) is 10.5. The fourth-order valence-electron chi connectivity index (χ4n) is 4.33. The number of benzene rings is 2. The highest BCUT2D eigenvalue weighted by Gasteiger charge is 2.23. The van der Waals surface area contributed by atoms with Crippen molar-refractivity contribution in [2.45, 2.75) is 39.3 Å². The van der Waals surface area contributed by atoms with Crippen LogP contribution in [0.4, 0.5) is 0 Å². The van der Waals surface area contributed by atoms with Crippen LogP contribution in [-0.4, -0.2) is 31.6 Å². The maximum atomic E-state index is 5.80.